The third kappa shape index (κ3) is 11.1. The predicted molar refractivity (Wildman–Crippen MR) is 182 cm³/mol. The van der Waals surface area contributed by atoms with Crippen molar-refractivity contribution in [2.24, 2.45) is 5.73 Å². The zero-order valence-corrected chi connectivity index (χ0v) is 29.8. The summed E-state index contributed by atoms with van der Waals surface area (Å²) in [7, 11) is 0. The molecule has 45 heavy (non-hydrogen) atoms. The van der Waals surface area contributed by atoms with E-state index in [2.05, 4.69) is 95.1 Å². The van der Waals surface area contributed by atoms with E-state index in [9.17, 15) is 4.79 Å². The Bertz CT molecular complexity index is 1170. The summed E-state index contributed by atoms with van der Waals surface area (Å²) >= 11 is 0. The summed E-state index contributed by atoms with van der Waals surface area (Å²) in [5, 5.41) is 7.28. The van der Waals surface area contributed by atoms with Gasteiger partial charge in [-0.15, -0.1) is 0 Å². The monoisotopic (exact) mass is 624 g/mol. The summed E-state index contributed by atoms with van der Waals surface area (Å²) in [6.07, 6.45) is 3.17. The fourth-order valence-corrected chi connectivity index (χ4v) is 7.31. The maximum absolute atomic E-state index is 12.2. The number of rotatable bonds is 7. The topological polar surface area (TPSA) is 89.3 Å². The van der Waals surface area contributed by atoms with Crippen LogP contribution in [0.2, 0.25) is 0 Å². The number of hydroxylamine groups is 4. The van der Waals surface area contributed by atoms with E-state index in [1.54, 1.807) is 0 Å². The largest absolute Gasteiger partial charge is 0.444 e. The van der Waals surface area contributed by atoms with Crippen molar-refractivity contribution in [2.45, 2.75) is 155 Å². The predicted octanol–water partition coefficient (Wildman–Crippen LogP) is 7.76. The first-order chi connectivity index (χ1) is 20.7. The fourth-order valence-electron chi connectivity index (χ4n) is 7.31. The number of benzene rings is 2. The molecule has 2 aliphatic rings. The van der Waals surface area contributed by atoms with E-state index in [-0.39, 0.29) is 40.3 Å². The van der Waals surface area contributed by atoms with Crippen molar-refractivity contribution in [3.63, 3.8) is 0 Å². The molecule has 2 aliphatic heterocycles. The summed E-state index contributed by atoms with van der Waals surface area (Å²) in [4.78, 5) is 24.5. The van der Waals surface area contributed by atoms with Crippen molar-refractivity contribution in [2.75, 3.05) is 0 Å². The molecule has 0 aromatic heterocycles. The van der Waals surface area contributed by atoms with Crippen LogP contribution in [-0.4, -0.2) is 56.1 Å². The third-order valence-corrected chi connectivity index (χ3v) is 8.34. The van der Waals surface area contributed by atoms with E-state index in [1.807, 2.05) is 57.2 Å². The van der Waals surface area contributed by atoms with Gasteiger partial charge in [0.2, 0.25) is 0 Å². The number of amides is 1. The van der Waals surface area contributed by atoms with Gasteiger partial charge < -0.3 is 15.8 Å². The van der Waals surface area contributed by atoms with E-state index in [1.165, 1.54) is 5.56 Å². The van der Waals surface area contributed by atoms with Crippen molar-refractivity contribution in [3.05, 3.63) is 71.8 Å². The summed E-state index contributed by atoms with van der Waals surface area (Å²) < 4.78 is 5.41. The lowest BCUT2D eigenvalue weighted by molar-refractivity contribution is -0.290. The van der Waals surface area contributed by atoms with Gasteiger partial charge in [0.15, 0.2) is 0 Å². The van der Waals surface area contributed by atoms with Gasteiger partial charge in [0.05, 0.1) is 13.2 Å². The quantitative estimate of drug-likeness (QED) is 0.325. The number of nitrogens with two attached hydrogens (primary N) is 1. The Labute approximate surface area is 272 Å². The van der Waals surface area contributed by atoms with Crippen LogP contribution in [0, 0.1) is 0 Å². The molecule has 2 aromatic rings. The highest BCUT2D eigenvalue weighted by atomic mass is 16.7. The second-order valence-electron chi connectivity index (χ2n) is 16.3. The number of piperidine rings is 2. The average molecular weight is 625 g/mol. The normalized spacial score (nSPS) is 21.8. The van der Waals surface area contributed by atoms with Crippen molar-refractivity contribution < 1.29 is 19.2 Å². The first kappa shape index (κ1) is 37.0. The number of hydrogen-bond donors (Lipinski definition) is 2. The van der Waals surface area contributed by atoms with Crippen LogP contribution in [-0.2, 0) is 27.6 Å². The number of hydrogen-bond acceptors (Lipinski definition) is 7. The molecule has 2 heterocycles. The van der Waals surface area contributed by atoms with E-state index in [0.29, 0.717) is 13.2 Å². The van der Waals surface area contributed by atoms with Crippen LogP contribution in [0.3, 0.4) is 0 Å². The van der Waals surface area contributed by atoms with Crippen molar-refractivity contribution in [3.8, 4) is 0 Å². The Kier molecular flexibility index (Phi) is 11.9. The van der Waals surface area contributed by atoms with Gasteiger partial charge in [0.1, 0.15) is 5.60 Å². The summed E-state index contributed by atoms with van der Waals surface area (Å²) in [6.45, 7) is 24.2. The van der Waals surface area contributed by atoms with Gasteiger partial charge in [0.25, 0.3) is 0 Å². The van der Waals surface area contributed by atoms with Crippen LogP contribution in [0.5, 0.6) is 0 Å². The molecule has 1 amide bonds. The van der Waals surface area contributed by atoms with Crippen molar-refractivity contribution in [1.82, 2.24) is 15.4 Å². The highest BCUT2D eigenvalue weighted by molar-refractivity contribution is 5.68. The minimum atomic E-state index is -0.491. The number of ether oxygens (including phenoxy) is 1. The SMILES string of the molecule is CC(C)(C)OC(=O)NC1CC(C)(C)N(OCc2ccccc2)C(C)(C)C1.CC1(C)CC(N)CC(C)(C)N1OCc1ccccc1. The summed E-state index contributed by atoms with van der Waals surface area (Å²) in [6, 6.07) is 20.8. The molecule has 0 spiro atoms. The maximum atomic E-state index is 12.2. The number of nitrogens with one attached hydrogen (secondary N) is 1. The molecule has 2 fully saturated rings. The molecular weight excluding hydrogens is 564 g/mol. The molecule has 0 radical (unpaired) electrons. The average Bonchev–Trinajstić information content (AvgIpc) is 2.86. The van der Waals surface area contributed by atoms with Crippen molar-refractivity contribution in [1.29, 1.82) is 0 Å². The molecular formula is C37H60N4O4. The Balaban J connectivity index is 0.000000257. The Morgan fingerprint density at radius 1 is 0.711 bits per heavy atom. The number of carbonyl (C=O) groups is 1. The van der Waals surface area contributed by atoms with Gasteiger partial charge in [-0.3, -0.25) is 9.68 Å². The summed E-state index contributed by atoms with van der Waals surface area (Å²) in [5.41, 5.74) is 7.54. The van der Waals surface area contributed by atoms with Crippen LogP contribution >= 0.6 is 0 Å². The standard InChI is InChI=1S/C21H34N2O3.C16H26N2O/c1-19(2,3)26-18(24)22-17-13-20(4,5)23(21(6,7)14-17)25-15-16-11-9-8-10-12-16;1-15(2)10-14(17)11-16(3,4)18(15)19-12-13-8-6-5-7-9-13/h8-12,17H,13-15H2,1-7H3,(H,22,24);5-9,14H,10-12,17H2,1-4H3. The molecule has 8 nitrogen and oxygen atoms in total. The molecule has 2 saturated heterocycles. The van der Waals surface area contributed by atoms with Crippen LogP contribution < -0.4 is 11.1 Å². The van der Waals surface area contributed by atoms with E-state index in [4.69, 9.17) is 20.1 Å². The fraction of sp³-hybridized carbons (Fsp3) is 0.649. The van der Waals surface area contributed by atoms with Crippen LogP contribution in [0.4, 0.5) is 4.79 Å². The lowest BCUT2D eigenvalue weighted by Gasteiger charge is -2.53. The molecule has 0 unspecified atom stereocenters. The highest BCUT2D eigenvalue weighted by Crippen LogP contribution is 2.40. The molecule has 0 atom stereocenters. The van der Waals surface area contributed by atoms with Crippen LogP contribution in [0.15, 0.2) is 60.7 Å². The van der Waals surface area contributed by atoms with E-state index in [0.717, 1.165) is 31.2 Å². The second-order valence-corrected chi connectivity index (χ2v) is 16.3. The smallest absolute Gasteiger partial charge is 0.407 e. The molecule has 252 valence electrons. The number of alkyl carbamates (subject to hydrolysis) is 1. The van der Waals surface area contributed by atoms with E-state index >= 15 is 0 Å². The molecule has 0 bridgehead atoms. The number of nitrogens with zero attached hydrogens (tertiary/aromatic N) is 2. The third-order valence-electron chi connectivity index (χ3n) is 8.34. The molecule has 0 saturated carbocycles. The van der Waals surface area contributed by atoms with Gasteiger partial charge in [0, 0.05) is 34.2 Å². The number of carbonyl (C=O) groups excluding carboxylic acids is 1. The lowest BCUT2D eigenvalue weighted by Crippen LogP contribution is -2.64. The Hall–Kier alpha value is -2.49. The zero-order chi connectivity index (χ0) is 33.7. The van der Waals surface area contributed by atoms with E-state index < -0.39 is 5.60 Å². The second kappa shape index (κ2) is 14.5. The van der Waals surface area contributed by atoms with Gasteiger partial charge in [-0.25, -0.2) is 4.79 Å². The van der Waals surface area contributed by atoms with Gasteiger partial charge >= 0.3 is 6.09 Å². The molecule has 2 aromatic carbocycles. The minimum absolute atomic E-state index is 0.0318. The highest BCUT2D eigenvalue weighted by Gasteiger charge is 2.47. The zero-order valence-electron chi connectivity index (χ0n) is 29.8. The first-order valence-electron chi connectivity index (χ1n) is 16.4. The lowest BCUT2D eigenvalue weighted by atomic mass is 9.79. The molecule has 3 N–H and O–H groups in total. The van der Waals surface area contributed by atoms with Crippen LogP contribution in [0.1, 0.15) is 113 Å². The van der Waals surface area contributed by atoms with Gasteiger partial charge in [-0.1, -0.05) is 60.7 Å². The first-order valence-corrected chi connectivity index (χ1v) is 16.4. The van der Waals surface area contributed by atoms with Crippen molar-refractivity contribution >= 4 is 6.09 Å². The van der Waals surface area contributed by atoms with Gasteiger partial charge in [-0.2, -0.15) is 10.1 Å². The Morgan fingerprint density at radius 2 is 1.07 bits per heavy atom. The minimum Gasteiger partial charge on any atom is -0.444 e. The molecule has 0 aliphatic carbocycles. The van der Waals surface area contributed by atoms with Crippen LogP contribution in [0.25, 0.3) is 0 Å². The summed E-state index contributed by atoms with van der Waals surface area (Å²) in [5.74, 6) is 0. The maximum Gasteiger partial charge on any atom is 0.407 e. The molecule has 4 rings (SSSR count). The molecule has 8 heteroatoms. The Morgan fingerprint density at radius 3 is 1.42 bits per heavy atom. The van der Waals surface area contributed by atoms with Gasteiger partial charge in [-0.05, 0) is 113 Å².